The maximum absolute atomic E-state index is 5.91. The molecule has 0 aromatic carbocycles. The van der Waals surface area contributed by atoms with Gasteiger partial charge < -0.3 is 9.30 Å². The highest BCUT2D eigenvalue weighted by Crippen LogP contribution is 2.44. The number of ether oxygens (including phenoxy) is 1. The maximum atomic E-state index is 5.91. The standard InChI is InChI=1S/C12H20N4O/c1-2-16-6-5-14-12(16)11(15-13)9-7-8-3-4-10(9)17-8/h5-6,8-11,15H,2-4,7,13H2,1H3. The lowest BCUT2D eigenvalue weighted by Crippen LogP contribution is -2.39. The van der Waals surface area contributed by atoms with Gasteiger partial charge >= 0.3 is 0 Å². The summed E-state index contributed by atoms with van der Waals surface area (Å²) in [5, 5.41) is 0. The van der Waals surface area contributed by atoms with Gasteiger partial charge in [0.2, 0.25) is 0 Å². The lowest BCUT2D eigenvalue weighted by atomic mass is 9.83. The Balaban J connectivity index is 1.84. The van der Waals surface area contributed by atoms with Crippen LogP contribution in [-0.2, 0) is 11.3 Å². The Morgan fingerprint density at radius 1 is 1.65 bits per heavy atom. The Morgan fingerprint density at radius 2 is 2.53 bits per heavy atom. The lowest BCUT2D eigenvalue weighted by molar-refractivity contribution is 0.0846. The van der Waals surface area contributed by atoms with Crippen molar-refractivity contribution >= 4 is 0 Å². The summed E-state index contributed by atoms with van der Waals surface area (Å²) in [4.78, 5) is 4.45. The summed E-state index contributed by atoms with van der Waals surface area (Å²) in [5.41, 5.74) is 2.94. The van der Waals surface area contributed by atoms with E-state index in [-0.39, 0.29) is 6.04 Å². The number of hydrogen-bond acceptors (Lipinski definition) is 4. The Morgan fingerprint density at radius 3 is 3.12 bits per heavy atom. The van der Waals surface area contributed by atoms with Crippen molar-refractivity contribution in [1.82, 2.24) is 15.0 Å². The molecule has 2 saturated heterocycles. The van der Waals surface area contributed by atoms with Crippen LogP contribution in [0.25, 0.3) is 0 Å². The number of hydrogen-bond donors (Lipinski definition) is 2. The minimum Gasteiger partial charge on any atom is -0.375 e. The van der Waals surface area contributed by atoms with Crippen LogP contribution in [0.2, 0.25) is 0 Å². The molecule has 2 fully saturated rings. The minimum atomic E-state index is 0.111. The van der Waals surface area contributed by atoms with Crippen LogP contribution in [0, 0.1) is 5.92 Å². The van der Waals surface area contributed by atoms with Crippen molar-refractivity contribution in [1.29, 1.82) is 0 Å². The number of aryl methyl sites for hydroxylation is 1. The van der Waals surface area contributed by atoms with Crippen molar-refractivity contribution in [2.75, 3.05) is 0 Å². The second kappa shape index (κ2) is 4.40. The third kappa shape index (κ3) is 1.78. The highest BCUT2D eigenvalue weighted by atomic mass is 16.5. The summed E-state index contributed by atoms with van der Waals surface area (Å²) in [6, 6.07) is 0.111. The van der Waals surface area contributed by atoms with Gasteiger partial charge in [0.1, 0.15) is 5.82 Å². The number of nitrogens with two attached hydrogens (primary N) is 1. The summed E-state index contributed by atoms with van der Waals surface area (Å²) in [6.07, 6.45) is 8.15. The van der Waals surface area contributed by atoms with Gasteiger partial charge in [0.15, 0.2) is 0 Å². The number of imidazole rings is 1. The van der Waals surface area contributed by atoms with Gasteiger partial charge in [-0.05, 0) is 26.2 Å². The Labute approximate surface area is 101 Å². The highest BCUT2D eigenvalue weighted by molar-refractivity contribution is 5.06. The summed E-state index contributed by atoms with van der Waals surface area (Å²) in [5.74, 6) is 7.24. The molecule has 2 aliphatic rings. The van der Waals surface area contributed by atoms with E-state index in [9.17, 15) is 0 Å². The molecule has 2 bridgehead atoms. The third-order valence-electron chi connectivity index (χ3n) is 4.13. The molecule has 0 saturated carbocycles. The van der Waals surface area contributed by atoms with Crippen LogP contribution in [0.15, 0.2) is 12.4 Å². The zero-order valence-electron chi connectivity index (χ0n) is 10.2. The van der Waals surface area contributed by atoms with Crippen LogP contribution < -0.4 is 11.3 Å². The predicted octanol–water partition coefficient (Wildman–Crippen LogP) is 0.975. The van der Waals surface area contributed by atoms with Crippen LogP contribution >= 0.6 is 0 Å². The first-order chi connectivity index (χ1) is 8.33. The molecule has 4 unspecified atom stereocenters. The molecule has 3 rings (SSSR count). The van der Waals surface area contributed by atoms with Crippen molar-refractivity contribution in [2.45, 2.75) is 51.0 Å². The normalized spacial score (nSPS) is 33.2. The fourth-order valence-corrected chi connectivity index (χ4v) is 3.28. The SMILES string of the molecule is CCn1ccnc1C(NN)C1CC2CCC1O2. The Hall–Kier alpha value is -0.910. The van der Waals surface area contributed by atoms with Gasteiger partial charge in [-0.25, -0.2) is 10.4 Å². The predicted molar refractivity (Wildman–Crippen MR) is 64.0 cm³/mol. The van der Waals surface area contributed by atoms with E-state index in [1.54, 1.807) is 0 Å². The van der Waals surface area contributed by atoms with E-state index in [0.717, 1.165) is 18.8 Å². The fourth-order valence-electron chi connectivity index (χ4n) is 3.28. The second-order valence-electron chi connectivity index (χ2n) is 4.99. The number of nitrogens with one attached hydrogen (secondary N) is 1. The molecule has 94 valence electrons. The van der Waals surface area contributed by atoms with Crippen LogP contribution in [0.1, 0.15) is 38.1 Å². The number of rotatable bonds is 4. The summed E-state index contributed by atoms with van der Waals surface area (Å²) >= 11 is 0. The monoisotopic (exact) mass is 236 g/mol. The van der Waals surface area contributed by atoms with Gasteiger partial charge in [-0.3, -0.25) is 5.84 Å². The molecule has 4 atom stereocenters. The van der Waals surface area contributed by atoms with Crippen molar-refractivity contribution in [3.05, 3.63) is 18.2 Å². The molecule has 0 spiro atoms. The Bertz CT molecular complexity index is 392. The molecule has 5 nitrogen and oxygen atoms in total. The molecule has 0 radical (unpaired) electrons. The van der Waals surface area contributed by atoms with Gasteiger partial charge in [0, 0.05) is 24.9 Å². The number of aromatic nitrogens is 2. The fraction of sp³-hybridized carbons (Fsp3) is 0.750. The Kier molecular flexibility index (Phi) is 2.90. The average molecular weight is 236 g/mol. The van der Waals surface area contributed by atoms with E-state index in [1.807, 2.05) is 12.4 Å². The lowest BCUT2D eigenvalue weighted by Gasteiger charge is -2.27. The van der Waals surface area contributed by atoms with Crippen LogP contribution in [0.4, 0.5) is 0 Å². The molecule has 17 heavy (non-hydrogen) atoms. The van der Waals surface area contributed by atoms with Crippen molar-refractivity contribution in [3.63, 3.8) is 0 Å². The topological polar surface area (TPSA) is 65.1 Å². The molecular formula is C12H20N4O. The second-order valence-corrected chi connectivity index (χ2v) is 4.99. The molecule has 1 aromatic rings. The van der Waals surface area contributed by atoms with Crippen molar-refractivity contribution < 1.29 is 4.74 Å². The van der Waals surface area contributed by atoms with Gasteiger partial charge in [-0.2, -0.15) is 0 Å². The zero-order chi connectivity index (χ0) is 11.8. The molecule has 2 aliphatic heterocycles. The largest absolute Gasteiger partial charge is 0.375 e. The summed E-state index contributed by atoms with van der Waals surface area (Å²) < 4.78 is 8.06. The van der Waals surface area contributed by atoms with Crippen molar-refractivity contribution in [2.24, 2.45) is 11.8 Å². The summed E-state index contributed by atoms with van der Waals surface area (Å²) in [7, 11) is 0. The first-order valence-corrected chi connectivity index (χ1v) is 6.46. The smallest absolute Gasteiger partial charge is 0.127 e. The van der Waals surface area contributed by atoms with Crippen LogP contribution in [0.3, 0.4) is 0 Å². The molecule has 0 aliphatic carbocycles. The number of hydrazine groups is 1. The molecule has 5 heteroatoms. The van der Waals surface area contributed by atoms with Gasteiger partial charge in [-0.15, -0.1) is 0 Å². The van der Waals surface area contributed by atoms with E-state index in [1.165, 1.54) is 12.8 Å². The molecular weight excluding hydrogens is 216 g/mol. The first kappa shape index (κ1) is 11.2. The molecule has 3 heterocycles. The quantitative estimate of drug-likeness (QED) is 0.604. The van der Waals surface area contributed by atoms with Crippen LogP contribution in [-0.4, -0.2) is 21.8 Å². The molecule has 3 N–H and O–H groups in total. The van der Waals surface area contributed by atoms with E-state index >= 15 is 0 Å². The van der Waals surface area contributed by atoms with E-state index in [4.69, 9.17) is 10.6 Å². The first-order valence-electron chi connectivity index (χ1n) is 6.46. The van der Waals surface area contributed by atoms with E-state index in [0.29, 0.717) is 18.1 Å². The van der Waals surface area contributed by atoms with Gasteiger partial charge in [0.05, 0.1) is 18.2 Å². The average Bonchev–Trinajstić information content (AvgIpc) is 3.05. The van der Waals surface area contributed by atoms with E-state index in [2.05, 4.69) is 21.9 Å². The minimum absolute atomic E-state index is 0.111. The highest BCUT2D eigenvalue weighted by Gasteiger charge is 2.45. The third-order valence-corrected chi connectivity index (χ3v) is 4.13. The van der Waals surface area contributed by atoms with Crippen molar-refractivity contribution in [3.8, 4) is 0 Å². The maximum Gasteiger partial charge on any atom is 0.127 e. The molecule has 0 amide bonds. The number of nitrogens with zero attached hydrogens (tertiary/aromatic N) is 2. The zero-order valence-corrected chi connectivity index (χ0v) is 10.2. The summed E-state index contributed by atoms with van der Waals surface area (Å²) in [6.45, 7) is 3.05. The van der Waals surface area contributed by atoms with Gasteiger partial charge in [-0.1, -0.05) is 0 Å². The van der Waals surface area contributed by atoms with Crippen LogP contribution in [0.5, 0.6) is 0 Å². The van der Waals surface area contributed by atoms with E-state index < -0.39 is 0 Å². The van der Waals surface area contributed by atoms with Gasteiger partial charge in [0.25, 0.3) is 0 Å². The number of fused-ring (bicyclic) bond motifs is 2. The molecule has 1 aromatic heterocycles.